The van der Waals surface area contributed by atoms with Crippen molar-refractivity contribution in [3.05, 3.63) is 22.2 Å². The molecule has 0 aliphatic heterocycles. The van der Waals surface area contributed by atoms with E-state index in [1.165, 1.54) is 25.0 Å². The number of hydrogen-bond donors (Lipinski definition) is 2. The molecule has 0 amide bonds. The summed E-state index contributed by atoms with van der Waals surface area (Å²) in [4.78, 5) is 0. The number of phenols is 1. The number of methoxy groups -OCH3 is 1. The van der Waals surface area contributed by atoms with Crippen LogP contribution in [0.3, 0.4) is 0 Å². The van der Waals surface area contributed by atoms with Crippen molar-refractivity contribution in [3.63, 3.8) is 0 Å². The number of ether oxygens (including phenoxy) is 1. The molecule has 1 fully saturated rings. The lowest BCUT2D eigenvalue weighted by Gasteiger charge is -2.14. The zero-order chi connectivity index (χ0) is 14.5. The van der Waals surface area contributed by atoms with Crippen LogP contribution in [0.15, 0.2) is 16.6 Å². The molecule has 112 valence electrons. The fourth-order valence-electron chi connectivity index (χ4n) is 2.66. The third-order valence-electron chi connectivity index (χ3n) is 3.69. The summed E-state index contributed by atoms with van der Waals surface area (Å²) in [6.45, 7) is 3.04. The molecule has 0 aromatic heterocycles. The minimum atomic E-state index is 0.163. The van der Waals surface area contributed by atoms with Crippen LogP contribution in [0.1, 0.15) is 31.7 Å². The van der Waals surface area contributed by atoms with E-state index in [4.69, 9.17) is 4.74 Å². The maximum atomic E-state index is 9.80. The van der Waals surface area contributed by atoms with Gasteiger partial charge in [-0.25, -0.2) is 0 Å². The van der Waals surface area contributed by atoms with Crippen LogP contribution in [0.25, 0.3) is 0 Å². The quantitative estimate of drug-likeness (QED) is 0.807. The Kier molecular flexibility index (Phi) is 6.05. The van der Waals surface area contributed by atoms with Crippen molar-refractivity contribution in [1.82, 2.24) is 5.32 Å². The summed E-state index contributed by atoms with van der Waals surface area (Å²) in [5, 5.41) is 14.2. The van der Waals surface area contributed by atoms with Gasteiger partial charge < -0.3 is 15.2 Å². The van der Waals surface area contributed by atoms with E-state index in [2.05, 4.69) is 39.9 Å². The normalized spacial score (nSPS) is 22.1. The van der Waals surface area contributed by atoms with Crippen LogP contribution in [-0.2, 0) is 6.54 Å². The largest absolute Gasteiger partial charge is 0.503 e. The van der Waals surface area contributed by atoms with Crippen molar-refractivity contribution in [2.24, 2.45) is 0 Å². The topological polar surface area (TPSA) is 41.5 Å². The second kappa shape index (κ2) is 7.57. The molecule has 1 saturated carbocycles. The molecular weight excluding hydrogens is 338 g/mol. The second-order valence-electron chi connectivity index (χ2n) is 5.10. The van der Waals surface area contributed by atoms with Crippen molar-refractivity contribution in [2.75, 3.05) is 12.9 Å². The van der Waals surface area contributed by atoms with Gasteiger partial charge in [-0.3, -0.25) is 0 Å². The van der Waals surface area contributed by atoms with Gasteiger partial charge in [0.05, 0.1) is 11.6 Å². The Bertz CT molecular complexity index is 456. The SMILES string of the molecule is CCSC1CCC(NCc2cc(Br)c(O)c(OC)c2)C1. The lowest BCUT2D eigenvalue weighted by atomic mass is 10.1. The van der Waals surface area contributed by atoms with Crippen LogP contribution in [-0.4, -0.2) is 29.3 Å². The van der Waals surface area contributed by atoms with Gasteiger partial charge >= 0.3 is 0 Å². The van der Waals surface area contributed by atoms with Gasteiger partial charge in [0.2, 0.25) is 0 Å². The highest BCUT2D eigenvalue weighted by atomic mass is 79.9. The molecule has 3 nitrogen and oxygen atoms in total. The molecule has 0 radical (unpaired) electrons. The number of thioether (sulfide) groups is 1. The van der Waals surface area contributed by atoms with E-state index in [0.717, 1.165) is 17.4 Å². The minimum absolute atomic E-state index is 0.163. The Morgan fingerprint density at radius 1 is 1.45 bits per heavy atom. The Morgan fingerprint density at radius 3 is 2.95 bits per heavy atom. The monoisotopic (exact) mass is 359 g/mol. The van der Waals surface area contributed by atoms with E-state index in [1.54, 1.807) is 7.11 Å². The smallest absolute Gasteiger partial charge is 0.172 e. The molecule has 1 aliphatic carbocycles. The third-order valence-corrected chi connectivity index (χ3v) is 5.53. The first kappa shape index (κ1) is 16.0. The first-order chi connectivity index (χ1) is 9.63. The molecule has 2 rings (SSSR count). The van der Waals surface area contributed by atoms with Crippen molar-refractivity contribution in [2.45, 2.75) is 44.0 Å². The minimum Gasteiger partial charge on any atom is -0.503 e. The molecule has 1 aromatic carbocycles. The summed E-state index contributed by atoms with van der Waals surface area (Å²) in [6, 6.07) is 4.44. The predicted octanol–water partition coefficient (Wildman–Crippen LogP) is 3.93. The molecule has 1 aliphatic rings. The van der Waals surface area contributed by atoms with Gasteiger partial charge in [-0.05, 0) is 58.6 Å². The van der Waals surface area contributed by atoms with Gasteiger partial charge in [0.15, 0.2) is 11.5 Å². The average molecular weight is 360 g/mol. The standard InChI is InChI=1S/C15H22BrNO2S/c1-3-20-12-5-4-11(8-12)17-9-10-6-13(16)15(18)14(7-10)19-2/h6-7,11-12,17-18H,3-5,8-9H2,1-2H3. The Labute approximate surface area is 133 Å². The molecule has 0 spiro atoms. The first-order valence-electron chi connectivity index (χ1n) is 7.04. The zero-order valence-corrected chi connectivity index (χ0v) is 14.4. The molecule has 0 bridgehead atoms. The first-order valence-corrected chi connectivity index (χ1v) is 8.88. The predicted molar refractivity (Wildman–Crippen MR) is 88.8 cm³/mol. The van der Waals surface area contributed by atoms with Crippen LogP contribution >= 0.6 is 27.7 Å². The van der Waals surface area contributed by atoms with E-state index >= 15 is 0 Å². The molecule has 0 heterocycles. The van der Waals surface area contributed by atoms with Gasteiger partial charge in [0.25, 0.3) is 0 Å². The number of phenolic OH excluding ortho intramolecular Hbond substituents is 1. The lowest BCUT2D eigenvalue weighted by Crippen LogP contribution is -2.26. The third kappa shape index (κ3) is 4.06. The van der Waals surface area contributed by atoms with Crippen molar-refractivity contribution in [1.29, 1.82) is 0 Å². The Balaban J connectivity index is 1.90. The number of halogens is 1. The highest BCUT2D eigenvalue weighted by molar-refractivity contribution is 9.10. The second-order valence-corrected chi connectivity index (χ2v) is 7.53. The van der Waals surface area contributed by atoms with Crippen LogP contribution in [0.2, 0.25) is 0 Å². The summed E-state index contributed by atoms with van der Waals surface area (Å²) in [7, 11) is 1.57. The summed E-state index contributed by atoms with van der Waals surface area (Å²) >= 11 is 5.43. The van der Waals surface area contributed by atoms with Crippen molar-refractivity contribution >= 4 is 27.7 Å². The fraction of sp³-hybridized carbons (Fsp3) is 0.600. The number of hydrogen-bond acceptors (Lipinski definition) is 4. The molecule has 2 unspecified atom stereocenters. The number of rotatable bonds is 6. The van der Waals surface area contributed by atoms with Gasteiger partial charge in [0.1, 0.15) is 0 Å². The van der Waals surface area contributed by atoms with Crippen LogP contribution in [0.4, 0.5) is 0 Å². The van der Waals surface area contributed by atoms with Gasteiger partial charge in [-0.1, -0.05) is 6.92 Å². The Hall–Kier alpha value is -0.390. The molecular formula is C15H22BrNO2S. The van der Waals surface area contributed by atoms with E-state index in [9.17, 15) is 5.11 Å². The van der Waals surface area contributed by atoms with Crippen molar-refractivity contribution in [3.8, 4) is 11.5 Å². The molecule has 1 aromatic rings. The maximum Gasteiger partial charge on any atom is 0.172 e. The van der Waals surface area contributed by atoms with Gasteiger partial charge in [0, 0.05) is 17.8 Å². The lowest BCUT2D eigenvalue weighted by molar-refractivity contribution is 0.371. The van der Waals surface area contributed by atoms with E-state index in [1.807, 2.05) is 12.1 Å². The molecule has 20 heavy (non-hydrogen) atoms. The number of nitrogens with one attached hydrogen (secondary N) is 1. The summed E-state index contributed by atoms with van der Waals surface area (Å²) in [5.41, 5.74) is 1.12. The molecule has 2 N–H and O–H groups in total. The highest BCUT2D eigenvalue weighted by Gasteiger charge is 2.24. The van der Waals surface area contributed by atoms with Crippen LogP contribution < -0.4 is 10.1 Å². The fourth-order valence-corrected chi connectivity index (χ4v) is 4.29. The van der Waals surface area contributed by atoms with Crippen LogP contribution in [0.5, 0.6) is 11.5 Å². The molecule has 0 saturated heterocycles. The van der Waals surface area contributed by atoms with E-state index in [-0.39, 0.29) is 5.75 Å². The van der Waals surface area contributed by atoms with E-state index < -0.39 is 0 Å². The van der Waals surface area contributed by atoms with Gasteiger partial charge in [-0.15, -0.1) is 0 Å². The molecule has 5 heteroatoms. The highest BCUT2D eigenvalue weighted by Crippen LogP contribution is 2.35. The van der Waals surface area contributed by atoms with Crippen LogP contribution in [0, 0.1) is 0 Å². The summed E-state index contributed by atoms with van der Waals surface area (Å²) < 4.78 is 5.86. The summed E-state index contributed by atoms with van der Waals surface area (Å²) in [6.07, 6.45) is 3.84. The number of aromatic hydroxyl groups is 1. The maximum absolute atomic E-state index is 9.80. The van der Waals surface area contributed by atoms with Gasteiger partial charge in [-0.2, -0.15) is 11.8 Å². The number of benzene rings is 1. The molecule has 2 atom stereocenters. The van der Waals surface area contributed by atoms with E-state index in [0.29, 0.717) is 16.3 Å². The summed E-state index contributed by atoms with van der Waals surface area (Å²) in [5.74, 6) is 1.89. The zero-order valence-electron chi connectivity index (χ0n) is 12.0. The van der Waals surface area contributed by atoms with Crippen molar-refractivity contribution < 1.29 is 9.84 Å². The Morgan fingerprint density at radius 2 is 2.25 bits per heavy atom. The average Bonchev–Trinajstić information content (AvgIpc) is 2.88.